The van der Waals surface area contributed by atoms with E-state index in [9.17, 15) is 4.39 Å². The normalized spacial score (nSPS) is 10.2. The predicted molar refractivity (Wildman–Crippen MR) is 85.5 cm³/mol. The summed E-state index contributed by atoms with van der Waals surface area (Å²) in [6.45, 7) is 1.50. The summed E-state index contributed by atoms with van der Waals surface area (Å²) in [5.41, 5.74) is 2.13. The standard InChI is InChI=1S/C15H14Cl2FN.ClH/c16-13-4-3-12(15(17)9-13)10-19-8-7-11-1-5-14(18)6-2-11;/h1-6,9,19H,7-8,10H2;1H. The Morgan fingerprint density at radius 1 is 1.00 bits per heavy atom. The lowest BCUT2D eigenvalue weighted by atomic mass is 10.1. The highest BCUT2D eigenvalue weighted by atomic mass is 35.5. The van der Waals surface area contributed by atoms with Crippen LogP contribution in [0.2, 0.25) is 10.0 Å². The van der Waals surface area contributed by atoms with E-state index in [1.807, 2.05) is 12.1 Å². The maximum atomic E-state index is 12.7. The summed E-state index contributed by atoms with van der Waals surface area (Å²) in [7, 11) is 0. The van der Waals surface area contributed by atoms with Crippen molar-refractivity contribution in [1.29, 1.82) is 0 Å². The highest BCUT2D eigenvalue weighted by Gasteiger charge is 2.01. The Bertz CT molecular complexity index is 543. The average Bonchev–Trinajstić information content (AvgIpc) is 2.39. The first-order valence-electron chi connectivity index (χ1n) is 6.04. The second-order valence-corrected chi connectivity index (χ2v) is 5.13. The average molecular weight is 335 g/mol. The topological polar surface area (TPSA) is 12.0 Å². The minimum Gasteiger partial charge on any atom is -0.312 e. The van der Waals surface area contributed by atoms with Crippen LogP contribution in [0.4, 0.5) is 4.39 Å². The molecule has 0 saturated heterocycles. The molecule has 1 nitrogen and oxygen atoms in total. The van der Waals surface area contributed by atoms with Gasteiger partial charge >= 0.3 is 0 Å². The summed E-state index contributed by atoms with van der Waals surface area (Å²) < 4.78 is 12.7. The SMILES string of the molecule is Cl.Fc1ccc(CCNCc2ccc(Cl)cc2Cl)cc1. The molecule has 108 valence electrons. The molecule has 20 heavy (non-hydrogen) atoms. The molecule has 2 aromatic rings. The summed E-state index contributed by atoms with van der Waals surface area (Å²) in [5, 5.41) is 4.61. The van der Waals surface area contributed by atoms with Gasteiger partial charge in [0.05, 0.1) is 0 Å². The molecule has 0 fully saturated rings. The summed E-state index contributed by atoms with van der Waals surface area (Å²) in [4.78, 5) is 0. The van der Waals surface area contributed by atoms with Gasteiger partial charge in [-0.1, -0.05) is 41.4 Å². The smallest absolute Gasteiger partial charge is 0.123 e. The molecule has 0 amide bonds. The van der Waals surface area contributed by atoms with Crippen LogP contribution in [-0.4, -0.2) is 6.54 Å². The van der Waals surface area contributed by atoms with Crippen LogP contribution in [0.15, 0.2) is 42.5 Å². The molecule has 5 heteroatoms. The van der Waals surface area contributed by atoms with E-state index in [-0.39, 0.29) is 18.2 Å². The Morgan fingerprint density at radius 3 is 2.35 bits per heavy atom. The quantitative estimate of drug-likeness (QED) is 0.768. The van der Waals surface area contributed by atoms with Crippen molar-refractivity contribution in [3.05, 3.63) is 69.5 Å². The zero-order valence-electron chi connectivity index (χ0n) is 10.7. The van der Waals surface area contributed by atoms with E-state index in [4.69, 9.17) is 23.2 Å². The minimum absolute atomic E-state index is 0. The lowest BCUT2D eigenvalue weighted by Crippen LogP contribution is -2.16. The van der Waals surface area contributed by atoms with Crippen molar-refractivity contribution in [3.63, 3.8) is 0 Å². The number of hydrogen-bond donors (Lipinski definition) is 1. The second-order valence-electron chi connectivity index (χ2n) is 4.29. The monoisotopic (exact) mass is 333 g/mol. The van der Waals surface area contributed by atoms with E-state index >= 15 is 0 Å². The highest BCUT2D eigenvalue weighted by Crippen LogP contribution is 2.20. The number of halogens is 4. The van der Waals surface area contributed by atoms with Crippen molar-refractivity contribution in [2.75, 3.05) is 6.54 Å². The fraction of sp³-hybridized carbons (Fsp3) is 0.200. The van der Waals surface area contributed by atoms with Crippen molar-refractivity contribution >= 4 is 35.6 Å². The van der Waals surface area contributed by atoms with E-state index in [0.717, 1.165) is 24.1 Å². The highest BCUT2D eigenvalue weighted by molar-refractivity contribution is 6.35. The maximum absolute atomic E-state index is 12.7. The molecule has 2 rings (SSSR count). The third-order valence-corrected chi connectivity index (χ3v) is 3.42. The number of nitrogens with one attached hydrogen (secondary N) is 1. The maximum Gasteiger partial charge on any atom is 0.123 e. The van der Waals surface area contributed by atoms with Crippen LogP contribution < -0.4 is 5.32 Å². The zero-order chi connectivity index (χ0) is 13.7. The van der Waals surface area contributed by atoms with Crippen LogP contribution in [-0.2, 0) is 13.0 Å². The fourth-order valence-electron chi connectivity index (χ4n) is 1.77. The molecule has 0 atom stereocenters. The van der Waals surface area contributed by atoms with E-state index in [2.05, 4.69) is 5.32 Å². The van der Waals surface area contributed by atoms with E-state index in [1.165, 1.54) is 12.1 Å². The number of hydrogen-bond acceptors (Lipinski definition) is 1. The molecule has 0 aromatic heterocycles. The van der Waals surface area contributed by atoms with Gasteiger partial charge in [-0.25, -0.2) is 4.39 Å². The Kier molecular flexibility index (Phi) is 7.31. The third-order valence-electron chi connectivity index (χ3n) is 2.83. The van der Waals surface area contributed by atoms with E-state index in [1.54, 1.807) is 18.2 Å². The van der Waals surface area contributed by atoms with Gasteiger partial charge in [0.15, 0.2) is 0 Å². The number of rotatable bonds is 5. The first-order chi connectivity index (χ1) is 9.15. The molecule has 0 unspecified atom stereocenters. The second kappa shape index (κ2) is 8.48. The van der Waals surface area contributed by atoms with Crippen molar-refractivity contribution in [1.82, 2.24) is 5.32 Å². The summed E-state index contributed by atoms with van der Waals surface area (Å²) in [5.74, 6) is -0.204. The molecule has 0 heterocycles. The van der Waals surface area contributed by atoms with Crippen LogP contribution in [0.3, 0.4) is 0 Å². The van der Waals surface area contributed by atoms with Crippen LogP contribution in [0.5, 0.6) is 0 Å². The Hall–Kier alpha value is -0.800. The zero-order valence-corrected chi connectivity index (χ0v) is 13.0. The van der Waals surface area contributed by atoms with Crippen molar-refractivity contribution in [2.24, 2.45) is 0 Å². The molecular formula is C15H15Cl3FN. The van der Waals surface area contributed by atoms with Gasteiger partial charge < -0.3 is 5.32 Å². The molecule has 1 N–H and O–H groups in total. The third kappa shape index (κ3) is 5.29. The van der Waals surface area contributed by atoms with Gasteiger partial charge in [0.1, 0.15) is 5.82 Å². The Balaban J connectivity index is 0.00000200. The van der Waals surface area contributed by atoms with E-state index < -0.39 is 0 Å². The summed E-state index contributed by atoms with van der Waals surface area (Å²) >= 11 is 11.9. The van der Waals surface area contributed by atoms with Crippen molar-refractivity contribution in [2.45, 2.75) is 13.0 Å². The van der Waals surface area contributed by atoms with Gasteiger partial charge in [-0.3, -0.25) is 0 Å². The molecule has 0 spiro atoms. The van der Waals surface area contributed by atoms with Gasteiger partial charge in [0.25, 0.3) is 0 Å². The molecular weight excluding hydrogens is 320 g/mol. The summed E-state index contributed by atoms with van der Waals surface area (Å²) in [6.07, 6.45) is 0.853. The van der Waals surface area contributed by atoms with E-state index in [0.29, 0.717) is 16.6 Å². The summed E-state index contributed by atoms with van der Waals surface area (Å²) in [6, 6.07) is 12.0. The number of benzene rings is 2. The van der Waals surface area contributed by atoms with Gasteiger partial charge in [-0.2, -0.15) is 0 Å². The first kappa shape index (κ1) is 17.3. The Labute approximate surface area is 134 Å². The first-order valence-corrected chi connectivity index (χ1v) is 6.80. The fourth-order valence-corrected chi connectivity index (χ4v) is 2.25. The van der Waals surface area contributed by atoms with Crippen LogP contribution in [0.1, 0.15) is 11.1 Å². The molecule has 0 saturated carbocycles. The van der Waals surface area contributed by atoms with Crippen molar-refractivity contribution in [3.8, 4) is 0 Å². The molecule has 0 bridgehead atoms. The van der Waals surface area contributed by atoms with Crippen LogP contribution in [0.25, 0.3) is 0 Å². The molecule has 0 aliphatic carbocycles. The molecule has 0 radical (unpaired) electrons. The lowest BCUT2D eigenvalue weighted by Gasteiger charge is -2.07. The lowest BCUT2D eigenvalue weighted by molar-refractivity contribution is 0.626. The van der Waals surface area contributed by atoms with Gasteiger partial charge in [0.2, 0.25) is 0 Å². The largest absolute Gasteiger partial charge is 0.312 e. The van der Waals surface area contributed by atoms with Crippen LogP contribution >= 0.6 is 35.6 Å². The van der Waals surface area contributed by atoms with Crippen LogP contribution in [0, 0.1) is 5.82 Å². The molecule has 2 aromatic carbocycles. The van der Waals surface area contributed by atoms with Crippen molar-refractivity contribution < 1.29 is 4.39 Å². The molecule has 0 aliphatic heterocycles. The molecule has 0 aliphatic rings. The minimum atomic E-state index is -0.204. The van der Waals surface area contributed by atoms with Gasteiger partial charge in [0, 0.05) is 16.6 Å². The predicted octanol–water partition coefficient (Wildman–Crippen LogP) is 4.89. The Morgan fingerprint density at radius 2 is 1.70 bits per heavy atom. The van der Waals surface area contributed by atoms with Gasteiger partial charge in [-0.05, 0) is 48.4 Å². The van der Waals surface area contributed by atoms with Gasteiger partial charge in [-0.15, -0.1) is 12.4 Å².